The van der Waals surface area contributed by atoms with Crippen molar-refractivity contribution in [3.05, 3.63) is 29.8 Å². The van der Waals surface area contributed by atoms with E-state index in [2.05, 4.69) is 4.99 Å². The molecule has 1 N–H and O–H groups in total. The van der Waals surface area contributed by atoms with Gasteiger partial charge in [-0.2, -0.15) is 5.26 Å². The van der Waals surface area contributed by atoms with Gasteiger partial charge in [0.25, 0.3) is 0 Å². The van der Waals surface area contributed by atoms with E-state index in [1.807, 2.05) is 12.1 Å². The summed E-state index contributed by atoms with van der Waals surface area (Å²) >= 11 is 0. The summed E-state index contributed by atoms with van der Waals surface area (Å²) in [6.45, 7) is 0.477. The number of rotatable bonds is 3. The van der Waals surface area contributed by atoms with Gasteiger partial charge < -0.3 is 5.11 Å². The molecule has 0 radical (unpaired) electrons. The molecule has 0 saturated carbocycles. The first-order valence-electron chi connectivity index (χ1n) is 3.99. The number of phenols is 1. The summed E-state index contributed by atoms with van der Waals surface area (Å²) in [5.74, 6) is 0.211. The minimum absolute atomic E-state index is 0.211. The van der Waals surface area contributed by atoms with Gasteiger partial charge in [-0.15, -0.1) is 0 Å². The summed E-state index contributed by atoms with van der Waals surface area (Å²) in [4.78, 5) is 3.98. The number of aromatic hydroxyl groups is 1. The quantitative estimate of drug-likeness (QED) is 0.560. The van der Waals surface area contributed by atoms with Crippen LogP contribution in [0, 0.1) is 11.3 Å². The summed E-state index contributed by atoms with van der Waals surface area (Å²) in [5, 5.41) is 17.6. The van der Waals surface area contributed by atoms with Crippen molar-refractivity contribution in [2.24, 2.45) is 4.99 Å². The zero-order valence-corrected chi connectivity index (χ0v) is 7.14. The van der Waals surface area contributed by atoms with E-state index in [9.17, 15) is 5.11 Å². The van der Waals surface area contributed by atoms with Crippen LogP contribution in [0.3, 0.4) is 0 Å². The lowest BCUT2D eigenvalue weighted by Gasteiger charge is -1.95. The number of nitrogens with zero attached hydrogens (tertiary/aromatic N) is 2. The molecule has 13 heavy (non-hydrogen) atoms. The topological polar surface area (TPSA) is 56.4 Å². The van der Waals surface area contributed by atoms with Crippen LogP contribution < -0.4 is 0 Å². The second-order valence-corrected chi connectivity index (χ2v) is 2.50. The van der Waals surface area contributed by atoms with Gasteiger partial charge in [0.15, 0.2) is 0 Å². The smallest absolute Gasteiger partial charge is 0.124 e. The Morgan fingerprint density at radius 2 is 2.23 bits per heavy atom. The monoisotopic (exact) mass is 174 g/mol. The molecule has 0 unspecified atom stereocenters. The number of hydrogen-bond acceptors (Lipinski definition) is 3. The molecular formula is C10H10N2O. The fraction of sp³-hybridized carbons (Fsp3) is 0.200. The number of para-hydroxylation sites is 1. The molecule has 3 heteroatoms. The molecule has 0 fully saturated rings. The highest BCUT2D eigenvalue weighted by Crippen LogP contribution is 2.12. The van der Waals surface area contributed by atoms with Gasteiger partial charge in [-0.05, 0) is 12.1 Å². The molecule has 0 amide bonds. The van der Waals surface area contributed by atoms with E-state index in [0.29, 0.717) is 18.5 Å². The van der Waals surface area contributed by atoms with Crippen LogP contribution in [0.5, 0.6) is 5.75 Å². The van der Waals surface area contributed by atoms with E-state index in [4.69, 9.17) is 5.26 Å². The summed E-state index contributed by atoms with van der Waals surface area (Å²) in [6, 6.07) is 8.94. The molecule has 0 heterocycles. The Kier molecular flexibility index (Phi) is 3.52. The van der Waals surface area contributed by atoms with Gasteiger partial charge in [-0.1, -0.05) is 12.1 Å². The van der Waals surface area contributed by atoms with Gasteiger partial charge >= 0.3 is 0 Å². The zero-order valence-electron chi connectivity index (χ0n) is 7.14. The highest BCUT2D eigenvalue weighted by molar-refractivity contribution is 5.83. The fourth-order valence-corrected chi connectivity index (χ4v) is 0.874. The Labute approximate surface area is 77.0 Å². The Morgan fingerprint density at radius 3 is 2.92 bits per heavy atom. The van der Waals surface area contributed by atoms with Crippen LogP contribution in [0.1, 0.15) is 12.0 Å². The molecule has 0 atom stereocenters. The minimum atomic E-state index is 0.211. The van der Waals surface area contributed by atoms with Gasteiger partial charge in [-0.3, -0.25) is 4.99 Å². The maximum absolute atomic E-state index is 9.31. The largest absolute Gasteiger partial charge is 0.507 e. The summed E-state index contributed by atoms with van der Waals surface area (Å²) in [5.41, 5.74) is 0.681. The average Bonchev–Trinajstić information content (AvgIpc) is 2.15. The number of phenolic OH excluding ortho intramolecular Hbond substituents is 1. The molecule has 66 valence electrons. The van der Waals surface area contributed by atoms with Crippen LogP contribution in [0.25, 0.3) is 0 Å². The third-order valence-corrected chi connectivity index (χ3v) is 1.52. The van der Waals surface area contributed by atoms with E-state index in [1.165, 1.54) is 0 Å². The van der Waals surface area contributed by atoms with Crippen molar-refractivity contribution in [1.82, 2.24) is 0 Å². The van der Waals surface area contributed by atoms with Gasteiger partial charge in [0.2, 0.25) is 0 Å². The molecule has 0 saturated heterocycles. The zero-order chi connectivity index (χ0) is 9.52. The Hall–Kier alpha value is -1.82. The molecule has 0 bridgehead atoms. The highest BCUT2D eigenvalue weighted by Gasteiger charge is 1.93. The molecule has 1 aromatic rings. The average molecular weight is 174 g/mol. The number of nitriles is 1. The summed E-state index contributed by atoms with van der Waals surface area (Å²) in [7, 11) is 0. The van der Waals surface area contributed by atoms with Crippen LogP contribution in [0.15, 0.2) is 29.3 Å². The molecule has 3 nitrogen and oxygen atoms in total. The van der Waals surface area contributed by atoms with E-state index in [-0.39, 0.29) is 5.75 Å². The first-order valence-corrected chi connectivity index (χ1v) is 3.99. The molecule has 0 aromatic heterocycles. The van der Waals surface area contributed by atoms with Crippen molar-refractivity contribution in [3.8, 4) is 11.8 Å². The second-order valence-electron chi connectivity index (χ2n) is 2.50. The minimum Gasteiger partial charge on any atom is -0.507 e. The number of aliphatic imine (C=N–C) groups is 1. The lowest BCUT2D eigenvalue weighted by molar-refractivity contribution is 0.474. The van der Waals surface area contributed by atoms with Crippen molar-refractivity contribution in [2.45, 2.75) is 6.42 Å². The van der Waals surface area contributed by atoms with E-state index >= 15 is 0 Å². The van der Waals surface area contributed by atoms with Crippen molar-refractivity contribution < 1.29 is 5.11 Å². The Bertz CT molecular complexity index is 339. The molecule has 1 aromatic carbocycles. The fourth-order valence-electron chi connectivity index (χ4n) is 0.874. The molecule has 0 spiro atoms. The van der Waals surface area contributed by atoms with Crippen molar-refractivity contribution in [3.63, 3.8) is 0 Å². The lowest BCUT2D eigenvalue weighted by atomic mass is 10.2. The SMILES string of the molecule is N#CCCN=Cc1ccccc1O. The Morgan fingerprint density at radius 1 is 1.46 bits per heavy atom. The Balaban J connectivity index is 2.59. The van der Waals surface area contributed by atoms with Crippen LogP contribution in [0.4, 0.5) is 0 Å². The third kappa shape index (κ3) is 2.96. The van der Waals surface area contributed by atoms with Crippen LogP contribution in [0.2, 0.25) is 0 Å². The molecular weight excluding hydrogens is 164 g/mol. The normalized spacial score (nSPS) is 10.1. The highest BCUT2D eigenvalue weighted by atomic mass is 16.3. The third-order valence-electron chi connectivity index (χ3n) is 1.52. The van der Waals surface area contributed by atoms with Crippen molar-refractivity contribution in [2.75, 3.05) is 6.54 Å². The summed E-state index contributed by atoms with van der Waals surface area (Å²) in [6.07, 6.45) is 1.98. The summed E-state index contributed by atoms with van der Waals surface area (Å²) < 4.78 is 0. The molecule has 0 aliphatic heterocycles. The molecule has 1 rings (SSSR count). The van der Waals surface area contributed by atoms with Crippen LogP contribution >= 0.6 is 0 Å². The second kappa shape index (κ2) is 4.94. The number of benzene rings is 1. The predicted molar refractivity (Wildman–Crippen MR) is 50.8 cm³/mol. The first-order chi connectivity index (χ1) is 6.34. The van der Waals surface area contributed by atoms with Gasteiger partial charge in [0.1, 0.15) is 5.75 Å². The van der Waals surface area contributed by atoms with Crippen LogP contribution in [-0.4, -0.2) is 17.9 Å². The van der Waals surface area contributed by atoms with Gasteiger partial charge in [0.05, 0.1) is 19.0 Å². The first kappa shape index (κ1) is 9.27. The number of hydrogen-bond donors (Lipinski definition) is 1. The maximum Gasteiger partial charge on any atom is 0.124 e. The predicted octanol–water partition coefficient (Wildman–Crippen LogP) is 1.72. The van der Waals surface area contributed by atoms with E-state index in [1.54, 1.807) is 24.4 Å². The van der Waals surface area contributed by atoms with Crippen LogP contribution in [-0.2, 0) is 0 Å². The van der Waals surface area contributed by atoms with E-state index in [0.717, 1.165) is 0 Å². The van der Waals surface area contributed by atoms with Gasteiger partial charge in [-0.25, -0.2) is 0 Å². The van der Waals surface area contributed by atoms with Crippen molar-refractivity contribution >= 4 is 6.21 Å². The maximum atomic E-state index is 9.31. The molecule has 0 aliphatic rings. The van der Waals surface area contributed by atoms with Gasteiger partial charge in [0, 0.05) is 11.8 Å². The van der Waals surface area contributed by atoms with E-state index < -0.39 is 0 Å². The standard InChI is InChI=1S/C10H10N2O/c11-6-3-7-12-8-9-4-1-2-5-10(9)13/h1-2,4-5,8,13H,3,7H2. The van der Waals surface area contributed by atoms with Crippen molar-refractivity contribution in [1.29, 1.82) is 5.26 Å². The molecule has 0 aliphatic carbocycles. The lowest BCUT2D eigenvalue weighted by Crippen LogP contribution is -1.84.